The zero-order valence-electron chi connectivity index (χ0n) is 11.8. The third-order valence-corrected chi connectivity index (χ3v) is 5.61. The Morgan fingerprint density at radius 2 is 1.95 bits per heavy atom. The number of anilines is 1. The molecule has 0 heterocycles. The fourth-order valence-corrected chi connectivity index (χ4v) is 4.06. The van der Waals surface area contributed by atoms with Crippen LogP contribution in [-0.4, -0.2) is 26.7 Å². The second kappa shape index (κ2) is 6.29. The molecule has 1 aliphatic rings. The average Bonchev–Trinajstić information content (AvgIpc) is 2.49. The number of sulfonamides is 1. The Balaban J connectivity index is 2.15. The molecular weight excluding hydrogens is 295 g/mol. The van der Waals surface area contributed by atoms with Crippen molar-refractivity contribution in [1.29, 1.82) is 0 Å². The van der Waals surface area contributed by atoms with E-state index in [1.807, 2.05) is 0 Å². The van der Waals surface area contributed by atoms with E-state index in [4.69, 9.17) is 5.73 Å². The fourth-order valence-electron chi connectivity index (χ4n) is 2.76. The van der Waals surface area contributed by atoms with Crippen molar-refractivity contribution in [2.75, 3.05) is 18.9 Å². The second-order valence-corrected chi connectivity index (χ2v) is 7.46. The predicted molar refractivity (Wildman–Crippen MR) is 78.6 cm³/mol. The molecule has 0 bridgehead atoms. The number of hydrogen-bond acceptors (Lipinski definition) is 4. The van der Waals surface area contributed by atoms with Gasteiger partial charge in [-0.3, -0.25) is 0 Å². The smallest absolute Gasteiger partial charge is 0.242 e. The average molecular weight is 316 g/mol. The highest BCUT2D eigenvalue weighted by molar-refractivity contribution is 7.89. The first-order chi connectivity index (χ1) is 9.88. The standard InChI is InChI=1S/C14H21FN2O3S/c15-11-4-5-12(16)13(8-11)21(19,20)17-9-14(10-18)6-2-1-3-7-14/h4-5,8,17-18H,1-3,6-7,9-10,16H2. The Morgan fingerprint density at radius 3 is 2.57 bits per heavy atom. The van der Waals surface area contributed by atoms with Crippen LogP contribution in [0.25, 0.3) is 0 Å². The van der Waals surface area contributed by atoms with Crippen molar-refractivity contribution in [2.45, 2.75) is 37.0 Å². The molecule has 7 heteroatoms. The molecule has 0 radical (unpaired) electrons. The fraction of sp³-hybridized carbons (Fsp3) is 0.571. The quantitative estimate of drug-likeness (QED) is 0.720. The van der Waals surface area contributed by atoms with Gasteiger partial charge in [0.05, 0.1) is 5.69 Å². The van der Waals surface area contributed by atoms with Crippen molar-refractivity contribution in [1.82, 2.24) is 4.72 Å². The lowest BCUT2D eigenvalue weighted by atomic mass is 9.75. The summed E-state index contributed by atoms with van der Waals surface area (Å²) in [6.45, 7) is 0.0793. The molecule has 118 valence electrons. The molecule has 0 amide bonds. The largest absolute Gasteiger partial charge is 0.398 e. The second-order valence-electron chi connectivity index (χ2n) is 5.73. The molecule has 1 aliphatic carbocycles. The number of nitrogen functional groups attached to an aromatic ring is 1. The van der Waals surface area contributed by atoms with Crippen molar-refractivity contribution in [2.24, 2.45) is 5.41 Å². The first-order valence-corrected chi connectivity index (χ1v) is 8.52. The highest BCUT2D eigenvalue weighted by atomic mass is 32.2. The first-order valence-electron chi connectivity index (χ1n) is 7.04. The van der Waals surface area contributed by atoms with E-state index in [0.717, 1.165) is 44.2 Å². The van der Waals surface area contributed by atoms with Gasteiger partial charge < -0.3 is 10.8 Å². The molecule has 21 heavy (non-hydrogen) atoms. The zero-order chi connectivity index (χ0) is 15.5. The van der Waals surface area contributed by atoms with E-state index in [-0.39, 0.29) is 23.7 Å². The van der Waals surface area contributed by atoms with Gasteiger partial charge in [-0.1, -0.05) is 19.3 Å². The van der Waals surface area contributed by atoms with Crippen molar-refractivity contribution < 1.29 is 17.9 Å². The number of benzene rings is 1. The van der Waals surface area contributed by atoms with Crippen LogP contribution in [0.15, 0.2) is 23.1 Å². The molecule has 0 saturated heterocycles. The van der Waals surface area contributed by atoms with Crippen LogP contribution >= 0.6 is 0 Å². The SMILES string of the molecule is Nc1ccc(F)cc1S(=O)(=O)NCC1(CO)CCCCC1. The number of rotatable bonds is 5. The summed E-state index contributed by atoms with van der Waals surface area (Å²) in [5.74, 6) is -0.654. The van der Waals surface area contributed by atoms with Gasteiger partial charge >= 0.3 is 0 Å². The van der Waals surface area contributed by atoms with Crippen LogP contribution in [0.2, 0.25) is 0 Å². The van der Waals surface area contributed by atoms with Gasteiger partial charge in [0.1, 0.15) is 10.7 Å². The number of nitrogens with one attached hydrogen (secondary N) is 1. The number of aliphatic hydroxyl groups is 1. The molecule has 0 unspecified atom stereocenters. The summed E-state index contributed by atoms with van der Waals surface area (Å²) < 4.78 is 40.2. The highest BCUT2D eigenvalue weighted by Crippen LogP contribution is 2.35. The molecule has 5 nitrogen and oxygen atoms in total. The molecule has 1 saturated carbocycles. The van der Waals surface area contributed by atoms with E-state index in [9.17, 15) is 17.9 Å². The van der Waals surface area contributed by atoms with E-state index in [1.165, 1.54) is 6.07 Å². The van der Waals surface area contributed by atoms with Crippen LogP contribution in [-0.2, 0) is 10.0 Å². The third-order valence-electron chi connectivity index (χ3n) is 4.15. The van der Waals surface area contributed by atoms with Crippen molar-refractivity contribution in [3.05, 3.63) is 24.0 Å². The number of hydrogen-bond donors (Lipinski definition) is 3. The minimum Gasteiger partial charge on any atom is -0.398 e. The highest BCUT2D eigenvalue weighted by Gasteiger charge is 2.33. The van der Waals surface area contributed by atoms with Gasteiger partial charge in [-0.15, -0.1) is 0 Å². The zero-order valence-corrected chi connectivity index (χ0v) is 12.6. The number of halogens is 1. The summed E-state index contributed by atoms with van der Waals surface area (Å²) in [5, 5.41) is 9.59. The maximum absolute atomic E-state index is 13.2. The lowest BCUT2D eigenvalue weighted by Gasteiger charge is -2.35. The maximum atomic E-state index is 13.2. The Morgan fingerprint density at radius 1 is 1.29 bits per heavy atom. The van der Waals surface area contributed by atoms with Crippen LogP contribution in [0.5, 0.6) is 0 Å². The van der Waals surface area contributed by atoms with Crippen LogP contribution in [0.1, 0.15) is 32.1 Å². The maximum Gasteiger partial charge on any atom is 0.242 e. The summed E-state index contributed by atoms with van der Waals surface area (Å²) in [7, 11) is -3.89. The molecule has 0 aliphatic heterocycles. The van der Waals surface area contributed by atoms with Crippen LogP contribution in [0, 0.1) is 11.2 Å². The molecule has 0 spiro atoms. The summed E-state index contributed by atoms with van der Waals surface area (Å²) in [6, 6.07) is 3.25. The lowest BCUT2D eigenvalue weighted by Crippen LogP contribution is -2.41. The van der Waals surface area contributed by atoms with E-state index in [1.54, 1.807) is 0 Å². The van der Waals surface area contributed by atoms with E-state index >= 15 is 0 Å². The van der Waals surface area contributed by atoms with Gasteiger partial charge in [0.2, 0.25) is 10.0 Å². The molecule has 1 aromatic carbocycles. The monoisotopic (exact) mass is 316 g/mol. The predicted octanol–water partition coefficient (Wildman–Crippen LogP) is 1.63. The Labute approximate surface area is 124 Å². The molecule has 4 N–H and O–H groups in total. The summed E-state index contributed by atoms with van der Waals surface area (Å²) in [5.41, 5.74) is 5.20. The van der Waals surface area contributed by atoms with Gasteiger partial charge in [0.15, 0.2) is 0 Å². The summed E-state index contributed by atoms with van der Waals surface area (Å²) >= 11 is 0. The van der Waals surface area contributed by atoms with Gasteiger partial charge in [-0.2, -0.15) is 0 Å². The third kappa shape index (κ3) is 3.72. The minimum atomic E-state index is -3.89. The molecule has 0 atom stereocenters. The Bertz CT molecular complexity index is 598. The van der Waals surface area contributed by atoms with Crippen molar-refractivity contribution in [3.63, 3.8) is 0 Å². The van der Waals surface area contributed by atoms with Gasteiger partial charge in [-0.25, -0.2) is 17.5 Å². The number of aliphatic hydroxyl groups excluding tert-OH is 1. The lowest BCUT2D eigenvalue weighted by molar-refractivity contribution is 0.0867. The van der Waals surface area contributed by atoms with Crippen LogP contribution in [0.3, 0.4) is 0 Å². The first kappa shape index (κ1) is 16.2. The van der Waals surface area contributed by atoms with Crippen LogP contribution < -0.4 is 10.5 Å². The van der Waals surface area contributed by atoms with E-state index < -0.39 is 21.3 Å². The molecule has 1 fully saturated rings. The molecule has 1 aromatic rings. The van der Waals surface area contributed by atoms with Gasteiger partial charge in [0, 0.05) is 18.6 Å². The normalized spacial score (nSPS) is 18.6. The minimum absolute atomic E-state index is 0.00518. The Hall–Kier alpha value is -1.18. The summed E-state index contributed by atoms with van der Waals surface area (Å²) in [4.78, 5) is -0.258. The van der Waals surface area contributed by atoms with Crippen molar-refractivity contribution in [3.8, 4) is 0 Å². The van der Waals surface area contributed by atoms with Gasteiger partial charge in [0.25, 0.3) is 0 Å². The molecular formula is C14H21FN2O3S. The molecule has 0 aromatic heterocycles. The molecule has 2 rings (SSSR count). The van der Waals surface area contributed by atoms with Crippen LogP contribution in [0.4, 0.5) is 10.1 Å². The Kier molecular flexibility index (Phi) is 4.85. The van der Waals surface area contributed by atoms with Gasteiger partial charge in [-0.05, 0) is 31.0 Å². The topological polar surface area (TPSA) is 92.4 Å². The van der Waals surface area contributed by atoms with E-state index in [0.29, 0.717) is 0 Å². The van der Waals surface area contributed by atoms with Crippen molar-refractivity contribution >= 4 is 15.7 Å². The van der Waals surface area contributed by atoms with E-state index in [2.05, 4.69) is 4.72 Å². The summed E-state index contributed by atoms with van der Waals surface area (Å²) in [6.07, 6.45) is 4.62. The number of nitrogens with two attached hydrogens (primary N) is 1.